The highest BCUT2D eigenvalue weighted by Crippen LogP contribution is 2.32. The molecule has 0 bridgehead atoms. The van der Waals surface area contributed by atoms with E-state index in [4.69, 9.17) is 28.4 Å². The molecule has 13 heteroatoms. The Morgan fingerprint density at radius 2 is 1.44 bits per heavy atom. The second-order valence-electron chi connectivity index (χ2n) is 7.12. The van der Waals surface area contributed by atoms with Gasteiger partial charge in [0.2, 0.25) is 6.10 Å². The zero-order chi connectivity index (χ0) is 24.7. The van der Waals surface area contributed by atoms with E-state index in [2.05, 4.69) is 0 Å². The Kier molecular flexibility index (Phi) is 11.1. The van der Waals surface area contributed by atoms with Crippen molar-refractivity contribution in [2.45, 2.75) is 58.3 Å². The standard InChI is InChI=1S/C21H26NO11.BrH/c1-11(23)29-10-16-17(30-12(2)24)18(31-13(3)25)19(32-14(4)26)20(33-16)22-8-6-7-15(9-22)21(27)28-5;/h6-9,16-20H,10H2,1-5H3;1H/q+1;/p-1. The van der Waals surface area contributed by atoms with Crippen molar-refractivity contribution >= 4 is 29.8 Å². The first-order valence-corrected chi connectivity index (χ1v) is 9.93. The molecular formula is C21H26BrNO11. The van der Waals surface area contributed by atoms with Crippen molar-refractivity contribution in [3.05, 3.63) is 30.1 Å². The Labute approximate surface area is 206 Å². The van der Waals surface area contributed by atoms with Crippen LogP contribution in [0.25, 0.3) is 0 Å². The number of halogens is 1. The van der Waals surface area contributed by atoms with Crippen molar-refractivity contribution in [1.29, 1.82) is 0 Å². The van der Waals surface area contributed by atoms with Gasteiger partial charge in [-0.25, -0.2) is 4.79 Å². The summed E-state index contributed by atoms with van der Waals surface area (Å²) in [5, 5.41) is 0. The van der Waals surface area contributed by atoms with Crippen LogP contribution in [0.4, 0.5) is 0 Å². The minimum Gasteiger partial charge on any atom is -1.00 e. The fourth-order valence-electron chi connectivity index (χ4n) is 3.34. The third kappa shape index (κ3) is 7.76. The molecule has 34 heavy (non-hydrogen) atoms. The van der Waals surface area contributed by atoms with Crippen molar-refractivity contribution < 1.29 is 73.9 Å². The zero-order valence-electron chi connectivity index (χ0n) is 19.2. The minimum absolute atomic E-state index is 0. The molecule has 2 rings (SSSR count). The third-order valence-electron chi connectivity index (χ3n) is 4.50. The Morgan fingerprint density at radius 3 is 1.97 bits per heavy atom. The van der Waals surface area contributed by atoms with Crippen molar-refractivity contribution in [2.75, 3.05) is 13.7 Å². The molecular weight excluding hydrogens is 522 g/mol. The summed E-state index contributed by atoms with van der Waals surface area (Å²) in [5.41, 5.74) is 0.160. The lowest BCUT2D eigenvalue weighted by molar-refractivity contribution is -0.777. The number of carbonyl (C=O) groups excluding carboxylic acids is 5. The molecule has 5 unspecified atom stereocenters. The molecule has 0 amide bonds. The van der Waals surface area contributed by atoms with E-state index >= 15 is 0 Å². The predicted molar refractivity (Wildman–Crippen MR) is 105 cm³/mol. The summed E-state index contributed by atoms with van der Waals surface area (Å²) in [4.78, 5) is 58.9. The molecule has 2 heterocycles. The molecule has 1 fully saturated rings. The van der Waals surface area contributed by atoms with E-state index in [1.54, 1.807) is 0 Å². The first kappa shape index (κ1) is 29.0. The quantitative estimate of drug-likeness (QED) is 0.196. The number of esters is 5. The Balaban J connectivity index is 0.00000578. The lowest BCUT2D eigenvalue weighted by Gasteiger charge is -2.41. The Morgan fingerprint density at radius 1 is 0.882 bits per heavy atom. The van der Waals surface area contributed by atoms with Crippen LogP contribution < -0.4 is 21.5 Å². The van der Waals surface area contributed by atoms with E-state index in [1.807, 2.05) is 0 Å². The van der Waals surface area contributed by atoms with Gasteiger partial charge in [0.15, 0.2) is 24.6 Å². The van der Waals surface area contributed by atoms with Crippen molar-refractivity contribution in [3.63, 3.8) is 0 Å². The highest BCUT2D eigenvalue weighted by molar-refractivity contribution is 5.88. The predicted octanol–water partition coefficient (Wildman–Crippen LogP) is -2.98. The molecule has 1 aliphatic rings. The van der Waals surface area contributed by atoms with Gasteiger partial charge >= 0.3 is 36.1 Å². The van der Waals surface area contributed by atoms with E-state index in [0.29, 0.717) is 0 Å². The number of rotatable bonds is 7. The number of ether oxygens (including phenoxy) is 6. The molecule has 12 nitrogen and oxygen atoms in total. The number of hydrogen-bond donors (Lipinski definition) is 0. The summed E-state index contributed by atoms with van der Waals surface area (Å²) in [7, 11) is 1.22. The van der Waals surface area contributed by atoms with Gasteiger partial charge < -0.3 is 45.4 Å². The molecule has 188 valence electrons. The first-order chi connectivity index (χ1) is 15.5. The van der Waals surface area contributed by atoms with Crippen LogP contribution in [0.5, 0.6) is 0 Å². The molecule has 1 aliphatic heterocycles. The lowest BCUT2D eigenvalue weighted by atomic mass is 9.97. The molecule has 1 aromatic rings. The first-order valence-electron chi connectivity index (χ1n) is 9.93. The lowest BCUT2D eigenvalue weighted by Crippen LogP contribution is -3.00. The third-order valence-corrected chi connectivity index (χ3v) is 4.50. The number of hydrogen-bond acceptors (Lipinski definition) is 11. The van der Waals surface area contributed by atoms with E-state index in [9.17, 15) is 24.0 Å². The normalized spacial score (nSPS) is 23.5. The van der Waals surface area contributed by atoms with E-state index in [0.717, 1.165) is 20.8 Å². The summed E-state index contributed by atoms with van der Waals surface area (Å²) in [6, 6.07) is 3.02. The topological polar surface area (TPSA) is 145 Å². The minimum atomic E-state index is -1.32. The summed E-state index contributed by atoms with van der Waals surface area (Å²) >= 11 is 0. The summed E-state index contributed by atoms with van der Waals surface area (Å²) in [6.07, 6.45) is -3.23. The van der Waals surface area contributed by atoms with Gasteiger partial charge in [0, 0.05) is 33.8 Å². The van der Waals surface area contributed by atoms with Crippen LogP contribution in [0.3, 0.4) is 0 Å². The number of aromatic nitrogens is 1. The molecule has 1 aromatic heterocycles. The largest absolute Gasteiger partial charge is 1.00 e. The molecule has 0 aromatic carbocycles. The summed E-state index contributed by atoms with van der Waals surface area (Å²) in [6.45, 7) is 4.23. The number of carbonyl (C=O) groups is 5. The molecule has 1 saturated heterocycles. The van der Waals surface area contributed by atoms with Crippen LogP contribution >= 0.6 is 0 Å². The molecule has 0 radical (unpaired) electrons. The maximum Gasteiger partial charge on any atom is 0.343 e. The monoisotopic (exact) mass is 547 g/mol. The van der Waals surface area contributed by atoms with Gasteiger partial charge in [-0.05, 0) is 6.07 Å². The average molecular weight is 548 g/mol. The van der Waals surface area contributed by atoms with Gasteiger partial charge in [-0.2, -0.15) is 4.57 Å². The van der Waals surface area contributed by atoms with Gasteiger partial charge in [-0.3, -0.25) is 19.2 Å². The number of nitrogens with zero attached hydrogens (tertiary/aromatic N) is 1. The fourth-order valence-corrected chi connectivity index (χ4v) is 3.34. The molecule has 0 aliphatic carbocycles. The van der Waals surface area contributed by atoms with E-state index in [-0.39, 0.29) is 29.2 Å². The second-order valence-corrected chi connectivity index (χ2v) is 7.12. The highest BCUT2D eigenvalue weighted by Gasteiger charge is 2.56. The van der Waals surface area contributed by atoms with Crippen LogP contribution in [-0.4, -0.2) is 68.0 Å². The maximum atomic E-state index is 12.0. The number of pyridine rings is 1. The Bertz CT molecular complexity index is 922. The van der Waals surface area contributed by atoms with Crippen LogP contribution in [0.1, 0.15) is 44.3 Å². The fraction of sp³-hybridized carbons (Fsp3) is 0.524. The van der Waals surface area contributed by atoms with Gasteiger partial charge in [0.05, 0.1) is 7.11 Å². The molecule has 0 N–H and O–H groups in total. The molecule has 0 spiro atoms. The van der Waals surface area contributed by atoms with Crippen LogP contribution in [0.2, 0.25) is 0 Å². The van der Waals surface area contributed by atoms with Gasteiger partial charge in [0.25, 0.3) is 0 Å². The SMILES string of the molecule is COC(=O)c1ccc[n+](C2OC(COC(C)=O)C(OC(C)=O)C(OC(C)=O)C2OC(C)=O)c1.[Br-]. The molecule has 5 atom stereocenters. The van der Waals surface area contributed by atoms with E-state index in [1.165, 1.54) is 43.1 Å². The van der Waals surface area contributed by atoms with Gasteiger partial charge in [-0.1, -0.05) is 0 Å². The number of methoxy groups -OCH3 is 1. The Hall–Kier alpha value is -3.06. The highest BCUT2D eigenvalue weighted by atomic mass is 79.9. The van der Waals surface area contributed by atoms with Gasteiger partial charge in [-0.15, -0.1) is 0 Å². The molecule has 0 saturated carbocycles. The van der Waals surface area contributed by atoms with Crippen molar-refractivity contribution in [3.8, 4) is 0 Å². The smallest absolute Gasteiger partial charge is 0.343 e. The van der Waals surface area contributed by atoms with Crippen LogP contribution in [0, 0.1) is 0 Å². The van der Waals surface area contributed by atoms with E-state index < -0.39 is 60.5 Å². The van der Waals surface area contributed by atoms with Crippen molar-refractivity contribution in [1.82, 2.24) is 0 Å². The summed E-state index contributed by atoms with van der Waals surface area (Å²) < 4.78 is 33.3. The zero-order valence-corrected chi connectivity index (χ0v) is 20.8. The van der Waals surface area contributed by atoms with Crippen LogP contribution in [0.15, 0.2) is 24.5 Å². The maximum absolute atomic E-state index is 12.0. The second kappa shape index (κ2) is 13.0. The van der Waals surface area contributed by atoms with Crippen molar-refractivity contribution in [2.24, 2.45) is 0 Å². The van der Waals surface area contributed by atoms with Crippen LogP contribution in [-0.2, 0) is 47.6 Å². The summed E-state index contributed by atoms with van der Waals surface area (Å²) in [5.74, 6) is -3.45. The average Bonchev–Trinajstić information content (AvgIpc) is 2.73. The van der Waals surface area contributed by atoms with Gasteiger partial charge in [0.1, 0.15) is 18.3 Å².